The molecule has 0 saturated heterocycles. The van der Waals surface area contributed by atoms with Crippen LogP contribution in [-0.2, 0) is 11.2 Å². The van der Waals surface area contributed by atoms with Gasteiger partial charge in [-0.15, -0.1) is 0 Å². The number of fused-ring (bicyclic) bond motifs is 1. The number of carbonyl (C=O) groups is 1. The molecular formula is C18H17BrF2N2O2. The van der Waals surface area contributed by atoms with E-state index in [0.29, 0.717) is 16.6 Å². The maximum absolute atomic E-state index is 14.1. The lowest BCUT2D eigenvalue weighted by molar-refractivity contribution is -0.117. The van der Waals surface area contributed by atoms with E-state index in [1.54, 1.807) is 11.0 Å². The molecule has 1 aliphatic heterocycles. The van der Waals surface area contributed by atoms with Crippen LogP contribution in [0.15, 0.2) is 28.7 Å². The molecule has 7 heteroatoms. The van der Waals surface area contributed by atoms with Crippen molar-refractivity contribution in [1.29, 1.82) is 0 Å². The van der Waals surface area contributed by atoms with Crippen LogP contribution in [0.2, 0.25) is 0 Å². The number of hydrogen-bond acceptors (Lipinski definition) is 3. The number of hydrogen-bond donors (Lipinski definition) is 1. The minimum atomic E-state index is -0.754. The number of nitrogens with zero attached hydrogens (tertiary/aromatic N) is 1. The number of halogens is 3. The molecule has 4 nitrogen and oxygen atoms in total. The maximum Gasteiger partial charge on any atom is 0.224 e. The Morgan fingerprint density at radius 1 is 1.32 bits per heavy atom. The Kier molecular flexibility index (Phi) is 4.69. The highest BCUT2D eigenvalue weighted by Gasteiger charge is 2.29. The summed E-state index contributed by atoms with van der Waals surface area (Å²) in [6, 6.07) is 5.42. The maximum atomic E-state index is 14.1. The van der Waals surface area contributed by atoms with Crippen LogP contribution in [0.5, 0.6) is 11.5 Å². The molecule has 0 saturated carbocycles. The summed E-state index contributed by atoms with van der Waals surface area (Å²) in [7, 11) is 0. The van der Waals surface area contributed by atoms with E-state index in [9.17, 15) is 13.6 Å². The number of ether oxygens (including phenoxy) is 1. The summed E-state index contributed by atoms with van der Waals surface area (Å²) in [6.45, 7) is 3.48. The van der Waals surface area contributed by atoms with Crippen LogP contribution in [0.25, 0.3) is 0 Å². The molecule has 0 fully saturated rings. The summed E-state index contributed by atoms with van der Waals surface area (Å²) in [5.74, 6) is -1.47. The molecule has 25 heavy (non-hydrogen) atoms. The van der Waals surface area contributed by atoms with Gasteiger partial charge in [0.05, 0.1) is 15.8 Å². The van der Waals surface area contributed by atoms with Crippen molar-refractivity contribution in [3.05, 3.63) is 45.9 Å². The van der Waals surface area contributed by atoms with Crippen LogP contribution in [0.3, 0.4) is 0 Å². The first-order valence-electron chi connectivity index (χ1n) is 7.83. The van der Waals surface area contributed by atoms with Crippen molar-refractivity contribution in [3.63, 3.8) is 0 Å². The molecule has 1 amide bonds. The van der Waals surface area contributed by atoms with Crippen LogP contribution in [0.4, 0.5) is 20.2 Å². The van der Waals surface area contributed by atoms with Crippen LogP contribution in [0.1, 0.15) is 25.8 Å². The molecule has 0 radical (unpaired) electrons. The standard InChI is InChI=1S/C18H17BrF2N2O2/c1-9-3-4-11-16(23(9)10(2)24)6-5-12(19)18(11)25-17-8-13(20)15(22)7-14(17)21/h5-9H,3-4,22H2,1-2H3. The summed E-state index contributed by atoms with van der Waals surface area (Å²) in [4.78, 5) is 13.7. The van der Waals surface area contributed by atoms with Gasteiger partial charge in [0.25, 0.3) is 0 Å². The number of carbonyl (C=O) groups excluding carboxylic acids is 1. The Balaban J connectivity index is 2.09. The molecule has 132 valence electrons. The van der Waals surface area contributed by atoms with E-state index < -0.39 is 11.6 Å². The van der Waals surface area contributed by atoms with Crippen molar-refractivity contribution in [2.75, 3.05) is 10.6 Å². The van der Waals surface area contributed by atoms with Gasteiger partial charge in [-0.05, 0) is 47.8 Å². The quantitative estimate of drug-likeness (QED) is 0.724. The fourth-order valence-electron chi connectivity index (χ4n) is 3.10. The van der Waals surface area contributed by atoms with Gasteiger partial charge in [-0.1, -0.05) is 0 Å². The molecule has 1 unspecified atom stereocenters. The highest BCUT2D eigenvalue weighted by atomic mass is 79.9. The van der Waals surface area contributed by atoms with Crippen LogP contribution < -0.4 is 15.4 Å². The molecule has 3 rings (SSSR count). The Hall–Kier alpha value is -2.15. The third-order valence-corrected chi connectivity index (χ3v) is 4.93. The molecule has 2 N–H and O–H groups in total. The largest absolute Gasteiger partial charge is 0.453 e. The van der Waals surface area contributed by atoms with Gasteiger partial charge in [0.1, 0.15) is 11.6 Å². The lowest BCUT2D eigenvalue weighted by Gasteiger charge is -2.35. The smallest absolute Gasteiger partial charge is 0.224 e. The van der Waals surface area contributed by atoms with Crippen molar-refractivity contribution in [1.82, 2.24) is 0 Å². The summed E-state index contributed by atoms with van der Waals surface area (Å²) in [5.41, 5.74) is 6.58. The van der Waals surface area contributed by atoms with Gasteiger partial charge in [-0.25, -0.2) is 8.78 Å². The van der Waals surface area contributed by atoms with Gasteiger partial charge >= 0.3 is 0 Å². The fourth-order valence-corrected chi connectivity index (χ4v) is 3.55. The number of amides is 1. The van der Waals surface area contributed by atoms with Gasteiger partial charge in [0, 0.05) is 30.7 Å². The molecule has 0 spiro atoms. The lowest BCUT2D eigenvalue weighted by atomic mass is 9.95. The zero-order valence-corrected chi connectivity index (χ0v) is 15.4. The highest BCUT2D eigenvalue weighted by molar-refractivity contribution is 9.10. The van der Waals surface area contributed by atoms with Crippen LogP contribution in [0, 0.1) is 11.6 Å². The van der Waals surface area contributed by atoms with E-state index in [0.717, 1.165) is 29.8 Å². The molecule has 1 aliphatic rings. The zero-order valence-electron chi connectivity index (χ0n) is 13.8. The highest BCUT2D eigenvalue weighted by Crippen LogP contribution is 2.43. The monoisotopic (exact) mass is 410 g/mol. The predicted molar refractivity (Wildman–Crippen MR) is 95.9 cm³/mol. The summed E-state index contributed by atoms with van der Waals surface area (Å²) < 4.78 is 34.1. The molecule has 0 aromatic heterocycles. The second-order valence-corrected chi connectivity index (χ2v) is 6.91. The minimum Gasteiger partial charge on any atom is -0.453 e. The van der Waals surface area contributed by atoms with E-state index in [2.05, 4.69) is 15.9 Å². The van der Waals surface area contributed by atoms with E-state index in [-0.39, 0.29) is 23.4 Å². The molecule has 1 heterocycles. The second-order valence-electron chi connectivity index (χ2n) is 6.06. The second kappa shape index (κ2) is 6.63. The third kappa shape index (κ3) is 3.20. The van der Waals surface area contributed by atoms with Gasteiger partial charge in [0.15, 0.2) is 11.6 Å². The number of anilines is 2. The van der Waals surface area contributed by atoms with E-state index >= 15 is 0 Å². The minimum absolute atomic E-state index is 0.0599. The SMILES string of the molecule is CC(=O)N1c2ccc(Br)c(Oc3cc(F)c(N)cc3F)c2CCC1C. The van der Waals surface area contributed by atoms with Gasteiger partial charge in [-0.2, -0.15) is 0 Å². The van der Waals surface area contributed by atoms with Crippen LogP contribution >= 0.6 is 15.9 Å². The normalized spacial score (nSPS) is 16.5. The Morgan fingerprint density at radius 2 is 2.04 bits per heavy atom. The predicted octanol–water partition coefficient (Wildman–Crippen LogP) is 4.79. The summed E-state index contributed by atoms with van der Waals surface area (Å²) >= 11 is 3.39. The van der Waals surface area contributed by atoms with Crippen LogP contribution in [-0.4, -0.2) is 11.9 Å². The van der Waals surface area contributed by atoms with Crippen molar-refractivity contribution < 1.29 is 18.3 Å². The average Bonchev–Trinajstić information content (AvgIpc) is 2.54. The van der Waals surface area contributed by atoms with Crippen molar-refractivity contribution >= 4 is 33.2 Å². The van der Waals surface area contributed by atoms with Crippen molar-refractivity contribution in [2.45, 2.75) is 32.7 Å². The topological polar surface area (TPSA) is 55.6 Å². The molecule has 0 aliphatic carbocycles. The van der Waals surface area contributed by atoms with Gasteiger partial charge in [0.2, 0.25) is 5.91 Å². The van der Waals surface area contributed by atoms with Crippen molar-refractivity contribution in [3.8, 4) is 11.5 Å². The Bertz CT molecular complexity index is 857. The summed E-state index contributed by atoms with van der Waals surface area (Å²) in [6.07, 6.45) is 1.41. The van der Waals surface area contributed by atoms with Crippen molar-refractivity contribution in [2.24, 2.45) is 0 Å². The average molecular weight is 411 g/mol. The number of benzene rings is 2. The first-order valence-corrected chi connectivity index (χ1v) is 8.62. The first kappa shape index (κ1) is 17.7. The number of nitrogens with two attached hydrogens (primary N) is 1. The molecule has 1 atom stereocenters. The Morgan fingerprint density at radius 3 is 2.72 bits per heavy atom. The summed E-state index contributed by atoms with van der Waals surface area (Å²) in [5, 5.41) is 0. The van der Waals surface area contributed by atoms with Gasteiger partial charge in [-0.3, -0.25) is 4.79 Å². The fraction of sp³-hybridized carbons (Fsp3) is 0.278. The zero-order chi connectivity index (χ0) is 18.3. The number of nitrogen functional groups attached to an aromatic ring is 1. The molecular weight excluding hydrogens is 394 g/mol. The first-order chi connectivity index (χ1) is 11.8. The van der Waals surface area contributed by atoms with E-state index in [1.807, 2.05) is 13.0 Å². The van der Waals surface area contributed by atoms with E-state index in [1.165, 1.54) is 6.92 Å². The van der Waals surface area contributed by atoms with Gasteiger partial charge < -0.3 is 15.4 Å². The number of rotatable bonds is 2. The molecule has 2 aromatic rings. The molecule has 2 aromatic carbocycles. The van der Waals surface area contributed by atoms with E-state index in [4.69, 9.17) is 10.5 Å². The third-order valence-electron chi connectivity index (χ3n) is 4.30. The molecule has 0 bridgehead atoms. The Labute approximate surface area is 152 Å². The lowest BCUT2D eigenvalue weighted by Crippen LogP contribution is -2.40.